The third-order valence-corrected chi connectivity index (χ3v) is 4.86. The minimum atomic E-state index is -3.65. The van der Waals surface area contributed by atoms with Gasteiger partial charge in [0, 0.05) is 7.05 Å². The molecule has 0 bridgehead atoms. The highest BCUT2D eigenvalue weighted by molar-refractivity contribution is 7.89. The lowest BCUT2D eigenvalue weighted by molar-refractivity contribution is 0.413. The van der Waals surface area contributed by atoms with Crippen molar-refractivity contribution in [3.8, 4) is 11.8 Å². The lowest BCUT2D eigenvalue weighted by atomic mass is 10.2. The van der Waals surface area contributed by atoms with Crippen LogP contribution in [0.2, 0.25) is 0 Å². The van der Waals surface area contributed by atoms with Crippen LogP contribution in [0.1, 0.15) is 12.5 Å². The highest BCUT2D eigenvalue weighted by atomic mass is 32.2. The van der Waals surface area contributed by atoms with E-state index in [2.05, 4.69) is 0 Å². The Morgan fingerprint density at radius 1 is 1.44 bits per heavy atom. The Hall–Kier alpha value is -1.58. The molecule has 18 heavy (non-hydrogen) atoms. The number of nitrogens with zero attached hydrogens (tertiary/aromatic N) is 2. The van der Waals surface area contributed by atoms with Crippen molar-refractivity contribution in [2.45, 2.75) is 24.8 Å². The van der Waals surface area contributed by atoms with E-state index in [9.17, 15) is 8.42 Å². The van der Waals surface area contributed by atoms with E-state index in [-0.39, 0.29) is 4.90 Å². The molecule has 0 spiro atoms. The van der Waals surface area contributed by atoms with E-state index < -0.39 is 16.1 Å². The van der Waals surface area contributed by atoms with Crippen molar-refractivity contribution >= 4 is 10.0 Å². The Kier molecular flexibility index (Phi) is 4.33. The highest BCUT2D eigenvalue weighted by Crippen LogP contribution is 2.24. The topological polar surface area (TPSA) is 70.4 Å². The van der Waals surface area contributed by atoms with Gasteiger partial charge in [-0.1, -0.05) is 0 Å². The SMILES string of the molecule is COc1ccc(S(=O)(=O)N(C)C(C)C#N)c(C)c1. The van der Waals surface area contributed by atoms with Crippen LogP contribution in [0.15, 0.2) is 23.1 Å². The van der Waals surface area contributed by atoms with Crippen LogP contribution in [0.4, 0.5) is 0 Å². The first kappa shape index (κ1) is 14.5. The summed E-state index contributed by atoms with van der Waals surface area (Å²) in [7, 11) is -0.734. The average molecular weight is 268 g/mol. The molecule has 0 saturated carbocycles. The monoisotopic (exact) mass is 268 g/mol. The first-order chi connectivity index (χ1) is 8.34. The molecule has 6 heteroatoms. The molecule has 0 heterocycles. The largest absolute Gasteiger partial charge is 0.497 e. The molecule has 0 radical (unpaired) electrons. The predicted octanol–water partition coefficient (Wildman–Crippen LogP) is 1.54. The molecule has 0 amide bonds. The van der Waals surface area contributed by atoms with Gasteiger partial charge in [-0.2, -0.15) is 9.57 Å². The van der Waals surface area contributed by atoms with Crippen LogP contribution < -0.4 is 4.74 Å². The van der Waals surface area contributed by atoms with E-state index in [0.717, 1.165) is 4.31 Å². The number of sulfonamides is 1. The second kappa shape index (κ2) is 5.38. The van der Waals surface area contributed by atoms with Gasteiger partial charge in [-0.25, -0.2) is 8.42 Å². The molecule has 0 aliphatic heterocycles. The van der Waals surface area contributed by atoms with Crippen LogP contribution in [0.3, 0.4) is 0 Å². The van der Waals surface area contributed by atoms with Crippen molar-refractivity contribution in [1.82, 2.24) is 4.31 Å². The molecular formula is C12H16N2O3S. The first-order valence-corrected chi connectivity index (χ1v) is 6.81. The zero-order valence-electron chi connectivity index (χ0n) is 10.8. The van der Waals surface area contributed by atoms with Crippen molar-refractivity contribution in [3.05, 3.63) is 23.8 Å². The Morgan fingerprint density at radius 3 is 2.50 bits per heavy atom. The van der Waals surface area contributed by atoms with Gasteiger partial charge in [-0.3, -0.25) is 0 Å². The third kappa shape index (κ3) is 2.63. The Morgan fingerprint density at radius 2 is 2.06 bits per heavy atom. The second-order valence-electron chi connectivity index (χ2n) is 3.96. The molecule has 1 atom stereocenters. The number of hydrogen-bond acceptors (Lipinski definition) is 4. The Balaban J connectivity index is 3.26. The summed E-state index contributed by atoms with van der Waals surface area (Å²) in [6.07, 6.45) is 0. The fourth-order valence-electron chi connectivity index (χ4n) is 1.48. The molecule has 0 fully saturated rings. The number of rotatable bonds is 4. The maximum atomic E-state index is 12.3. The Bertz CT molecular complexity index is 575. The average Bonchev–Trinajstić information content (AvgIpc) is 2.36. The number of hydrogen-bond donors (Lipinski definition) is 0. The summed E-state index contributed by atoms with van der Waals surface area (Å²) in [5.74, 6) is 0.599. The highest BCUT2D eigenvalue weighted by Gasteiger charge is 2.26. The number of methoxy groups -OCH3 is 1. The summed E-state index contributed by atoms with van der Waals surface area (Å²) in [5.41, 5.74) is 0.589. The smallest absolute Gasteiger partial charge is 0.244 e. The molecule has 0 aromatic heterocycles. The third-order valence-electron chi connectivity index (χ3n) is 2.77. The lowest BCUT2D eigenvalue weighted by Crippen LogP contribution is -2.34. The molecule has 0 N–H and O–H groups in total. The van der Waals surface area contributed by atoms with Gasteiger partial charge < -0.3 is 4.74 Å². The Labute approximate surface area is 108 Å². The summed E-state index contributed by atoms with van der Waals surface area (Å²) in [4.78, 5) is 0.188. The summed E-state index contributed by atoms with van der Waals surface area (Å²) in [6, 6.07) is 5.92. The van der Waals surface area contributed by atoms with Crippen LogP contribution in [0.25, 0.3) is 0 Å². The van der Waals surface area contributed by atoms with Crippen LogP contribution >= 0.6 is 0 Å². The predicted molar refractivity (Wildman–Crippen MR) is 67.8 cm³/mol. The van der Waals surface area contributed by atoms with Gasteiger partial charge in [-0.05, 0) is 37.6 Å². The van der Waals surface area contributed by atoms with Crippen molar-refractivity contribution in [2.75, 3.05) is 14.2 Å². The van der Waals surface area contributed by atoms with E-state index >= 15 is 0 Å². The second-order valence-corrected chi connectivity index (χ2v) is 5.92. The quantitative estimate of drug-likeness (QED) is 0.830. The van der Waals surface area contributed by atoms with Gasteiger partial charge in [-0.15, -0.1) is 0 Å². The van der Waals surface area contributed by atoms with Gasteiger partial charge in [0.1, 0.15) is 11.8 Å². The van der Waals surface area contributed by atoms with Crippen molar-refractivity contribution < 1.29 is 13.2 Å². The minimum absolute atomic E-state index is 0.188. The normalized spacial score (nSPS) is 13.1. The van der Waals surface area contributed by atoms with E-state index in [0.29, 0.717) is 11.3 Å². The molecule has 0 aliphatic rings. The molecule has 1 aromatic carbocycles. The van der Waals surface area contributed by atoms with E-state index in [1.165, 1.54) is 27.1 Å². The maximum Gasteiger partial charge on any atom is 0.244 e. The van der Waals surface area contributed by atoms with Crippen LogP contribution in [-0.2, 0) is 10.0 Å². The first-order valence-electron chi connectivity index (χ1n) is 5.37. The van der Waals surface area contributed by atoms with Gasteiger partial charge in [0.2, 0.25) is 10.0 Å². The van der Waals surface area contributed by atoms with Crippen molar-refractivity contribution in [2.24, 2.45) is 0 Å². The van der Waals surface area contributed by atoms with Gasteiger partial charge in [0.05, 0.1) is 18.1 Å². The molecule has 1 rings (SSSR count). The summed E-state index contributed by atoms with van der Waals surface area (Å²) in [6.45, 7) is 3.23. The molecule has 1 aromatic rings. The zero-order chi connectivity index (χ0) is 13.9. The molecule has 5 nitrogen and oxygen atoms in total. The lowest BCUT2D eigenvalue weighted by Gasteiger charge is -2.20. The molecule has 0 saturated heterocycles. The fraction of sp³-hybridized carbons (Fsp3) is 0.417. The zero-order valence-corrected chi connectivity index (χ0v) is 11.7. The molecular weight excluding hydrogens is 252 g/mol. The molecule has 0 aliphatic carbocycles. The number of nitriles is 1. The number of benzene rings is 1. The van der Waals surface area contributed by atoms with Gasteiger partial charge in [0.25, 0.3) is 0 Å². The number of aryl methyl sites for hydroxylation is 1. The van der Waals surface area contributed by atoms with Crippen LogP contribution in [-0.4, -0.2) is 32.9 Å². The summed E-state index contributed by atoms with van der Waals surface area (Å²) >= 11 is 0. The molecule has 1 unspecified atom stereocenters. The minimum Gasteiger partial charge on any atom is -0.497 e. The van der Waals surface area contributed by atoms with E-state index in [1.807, 2.05) is 6.07 Å². The number of ether oxygens (including phenoxy) is 1. The standard InChI is InChI=1S/C12H16N2O3S/c1-9-7-11(17-4)5-6-12(9)18(15,16)14(3)10(2)8-13/h5-7,10H,1-4H3. The van der Waals surface area contributed by atoms with Gasteiger partial charge in [0.15, 0.2) is 0 Å². The maximum absolute atomic E-state index is 12.3. The van der Waals surface area contributed by atoms with Crippen LogP contribution in [0, 0.1) is 18.3 Å². The summed E-state index contributed by atoms with van der Waals surface area (Å²) in [5, 5.41) is 8.79. The van der Waals surface area contributed by atoms with Crippen molar-refractivity contribution in [1.29, 1.82) is 5.26 Å². The van der Waals surface area contributed by atoms with Gasteiger partial charge >= 0.3 is 0 Å². The molecule has 98 valence electrons. The summed E-state index contributed by atoms with van der Waals surface area (Å²) < 4.78 is 30.7. The van der Waals surface area contributed by atoms with E-state index in [4.69, 9.17) is 10.00 Å². The fourth-order valence-corrected chi connectivity index (χ4v) is 2.96. The van der Waals surface area contributed by atoms with E-state index in [1.54, 1.807) is 19.1 Å². The van der Waals surface area contributed by atoms with Crippen LogP contribution in [0.5, 0.6) is 5.75 Å². The van der Waals surface area contributed by atoms with Crippen molar-refractivity contribution in [3.63, 3.8) is 0 Å².